The first-order valence-corrected chi connectivity index (χ1v) is 16.1. The lowest BCUT2D eigenvalue weighted by Gasteiger charge is -2.16. The Balaban J connectivity index is 0.000000330. The highest BCUT2D eigenvalue weighted by atomic mass is 32.2. The summed E-state index contributed by atoms with van der Waals surface area (Å²) in [5.74, 6) is -0.849. The molecule has 0 saturated carbocycles. The van der Waals surface area contributed by atoms with Crippen LogP contribution in [-0.2, 0) is 29.8 Å². The van der Waals surface area contributed by atoms with Crippen LogP contribution in [0, 0.1) is 0 Å². The van der Waals surface area contributed by atoms with Gasteiger partial charge in [0, 0.05) is 0 Å². The molecule has 1 aliphatic heterocycles. The molecule has 1 aliphatic rings. The molecule has 0 amide bonds. The van der Waals surface area contributed by atoms with Gasteiger partial charge >= 0.3 is 5.97 Å². The highest BCUT2D eigenvalue weighted by Gasteiger charge is 2.44. The van der Waals surface area contributed by atoms with Crippen molar-refractivity contribution in [3.05, 3.63) is 12.7 Å². The van der Waals surface area contributed by atoms with Crippen LogP contribution in [0.4, 0.5) is 5.82 Å². The highest BCUT2D eigenvalue weighted by molar-refractivity contribution is 7.98. The molecule has 0 radical (unpaired) electrons. The lowest BCUT2D eigenvalue weighted by atomic mass is 10.1. The number of carboxylic acids is 1. The SMILES string of the molecule is CSCC[C@H](N)C(=O)O.Nc1ncnc2c1ncn2[C@@H]1O[C@H](CO)[C@@H](O)[C@H]1O.O=S(=O)(O)CCCCS(=O)(=O)O. The summed E-state index contributed by atoms with van der Waals surface area (Å²) in [6.45, 7) is -0.390. The van der Waals surface area contributed by atoms with E-state index < -0.39 is 74.9 Å². The number of anilines is 1. The molecule has 2 aromatic heterocycles. The molecule has 0 bridgehead atoms. The van der Waals surface area contributed by atoms with Gasteiger partial charge in [0.05, 0.1) is 24.4 Å². The van der Waals surface area contributed by atoms with Crippen molar-refractivity contribution in [3.8, 4) is 0 Å². The first kappa shape index (κ1) is 35.8. The van der Waals surface area contributed by atoms with Crippen molar-refractivity contribution in [2.75, 3.05) is 35.9 Å². The molecule has 21 heteroatoms. The number of nitrogens with two attached hydrogens (primary N) is 2. The van der Waals surface area contributed by atoms with Crippen LogP contribution in [0.2, 0.25) is 0 Å². The Morgan fingerprint density at radius 1 is 1.10 bits per heavy atom. The number of nitrogen functional groups attached to an aromatic ring is 1. The van der Waals surface area contributed by atoms with E-state index in [1.54, 1.807) is 11.8 Å². The number of thioether (sulfide) groups is 1. The molecule has 3 heterocycles. The number of carboxylic acid groups (broad SMARTS) is 1. The maximum Gasteiger partial charge on any atom is 0.320 e. The number of hydrogen-bond donors (Lipinski definition) is 8. The fourth-order valence-corrected chi connectivity index (χ4v) is 4.73. The number of unbranched alkanes of at least 4 members (excludes halogenated alkanes) is 1. The van der Waals surface area contributed by atoms with Gasteiger partial charge in [-0.1, -0.05) is 0 Å². The van der Waals surface area contributed by atoms with Gasteiger partial charge in [-0.25, -0.2) is 15.0 Å². The van der Waals surface area contributed by atoms with E-state index in [0.717, 1.165) is 5.75 Å². The molecule has 0 aromatic carbocycles. The third kappa shape index (κ3) is 12.1. The lowest BCUT2D eigenvalue weighted by Crippen LogP contribution is -2.33. The van der Waals surface area contributed by atoms with Gasteiger partial charge < -0.3 is 36.6 Å². The van der Waals surface area contributed by atoms with Crippen molar-refractivity contribution in [2.45, 2.75) is 49.8 Å². The van der Waals surface area contributed by atoms with Gasteiger partial charge in [-0.15, -0.1) is 0 Å². The first-order chi connectivity index (χ1) is 18.5. The van der Waals surface area contributed by atoms with Crippen LogP contribution in [0.1, 0.15) is 25.5 Å². The van der Waals surface area contributed by atoms with Crippen LogP contribution in [0.15, 0.2) is 12.7 Å². The maximum atomic E-state index is 10.1. The topological polar surface area (TPSA) is 312 Å². The van der Waals surface area contributed by atoms with Crippen molar-refractivity contribution < 1.29 is 55.9 Å². The second kappa shape index (κ2) is 16.3. The molecule has 0 unspecified atom stereocenters. The van der Waals surface area contributed by atoms with Gasteiger partial charge in [-0.2, -0.15) is 28.6 Å². The second-order valence-electron chi connectivity index (χ2n) is 8.32. The normalized spacial score (nSPS) is 21.7. The predicted octanol–water partition coefficient (Wildman–Crippen LogP) is -2.29. The number of ether oxygens (including phenoxy) is 1. The average molecular weight is 635 g/mol. The van der Waals surface area contributed by atoms with E-state index in [-0.39, 0.29) is 18.7 Å². The Kier molecular flexibility index (Phi) is 14.6. The largest absolute Gasteiger partial charge is 0.480 e. The zero-order chi connectivity index (χ0) is 30.7. The molecule has 1 fully saturated rings. The number of carbonyl (C=O) groups is 1. The minimum atomic E-state index is -4.02. The second-order valence-corrected chi connectivity index (χ2v) is 12.4. The summed E-state index contributed by atoms with van der Waals surface area (Å²) in [4.78, 5) is 22.0. The summed E-state index contributed by atoms with van der Waals surface area (Å²) in [5.41, 5.74) is 11.6. The Bertz CT molecular complexity index is 1260. The van der Waals surface area contributed by atoms with Gasteiger partial charge in [0.2, 0.25) is 0 Å². The van der Waals surface area contributed by atoms with Crippen molar-refractivity contribution in [3.63, 3.8) is 0 Å². The number of aliphatic hydroxyl groups excluding tert-OH is 3. The summed E-state index contributed by atoms with van der Waals surface area (Å²) in [7, 11) is -8.04. The molecular weight excluding hydrogens is 600 g/mol. The molecule has 0 aliphatic carbocycles. The summed E-state index contributed by atoms with van der Waals surface area (Å²) >= 11 is 1.60. The smallest absolute Gasteiger partial charge is 0.320 e. The molecule has 0 spiro atoms. The van der Waals surface area contributed by atoms with Crippen LogP contribution in [0.5, 0.6) is 0 Å². The van der Waals surface area contributed by atoms with E-state index in [0.29, 0.717) is 17.6 Å². The van der Waals surface area contributed by atoms with E-state index in [2.05, 4.69) is 15.0 Å². The van der Waals surface area contributed by atoms with Crippen LogP contribution in [0.3, 0.4) is 0 Å². The third-order valence-electron chi connectivity index (χ3n) is 5.18. The number of aromatic nitrogens is 4. The zero-order valence-corrected chi connectivity index (χ0v) is 23.7. The monoisotopic (exact) mass is 634 g/mol. The maximum absolute atomic E-state index is 10.1. The number of aliphatic carboxylic acids is 1. The molecule has 5 atom stereocenters. The minimum Gasteiger partial charge on any atom is -0.480 e. The predicted molar refractivity (Wildman–Crippen MR) is 143 cm³/mol. The van der Waals surface area contributed by atoms with Gasteiger partial charge in [-0.3, -0.25) is 18.5 Å². The molecule has 40 heavy (non-hydrogen) atoms. The van der Waals surface area contributed by atoms with E-state index in [4.69, 9.17) is 35.5 Å². The average Bonchev–Trinajstić information content (AvgIpc) is 3.41. The van der Waals surface area contributed by atoms with Crippen molar-refractivity contribution in [2.24, 2.45) is 5.73 Å². The summed E-state index contributed by atoms with van der Waals surface area (Å²) < 4.78 is 63.7. The van der Waals surface area contributed by atoms with Crippen molar-refractivity contribution in [1.82, 2.24) is 19.5 Å². The number of hydrogen-bond acceptors (Lipinski definition) is 15. The number of nitrogens with zero attached hydrogens (tertiary/aromatic N) is 4. The Morgan fingerprint density at radius 2 is 1.68 bits per heavy atom. The summed E-state index contributed by atoms with van der Waals surface area (Å²) in [6, 6.07) is -0.683. The Labute approximate surface area is 234 Å². The Hall–Kier alpha value is -2.21. The number of fused-ring (bicyclic) bond motifs is 1. The van der Waals surface area contributed by atoms with Crippen molar-refractivity contribution >= 4 is 54.9 Å². The van der Waals surface area contributed by atoms with Crippen molar-refractivity contribution in [1.29, 1.82) is 0 Å². The first-order valence-electron chi connectivity index (χ1n) is 11.5. The van der Waals surface area contributed by atoms with E-state index >= 15 is 0 Å². The van der Waals surface area contributed by atoms with Crippen LogP contribution in [0.25, 0.3) is 11.2 Å². The fourth-order valence-electron chi connectivity index (χ4n) is 3.10. The summed E-state index contributed by atoms with van der Waals surface area (Å²) in [6.07, 6.45) is 1.08. The number of imidazole rings is 1. The quantitative estimate of drug-likeness (QED) is 0.0952. The van der Waals surface area contributed by atoms with E-state index in [1.807, 2.05) is 6.26 Å². The van der Waals surface area contributed by atoms with Gasteiger partial charge in [0.15, 0.2) is 17.7 Å². The number of rotatable bonds is 11. The Morgan fingerprint density at radius 3 is 2.12 bits per heavy atom. The molecule has 2 aromatic rings. The van der Waals surface area contributed by atoms with E-state index in [9.17, 15) is 31.8 Å². The standard InChI is InChI=1S/C10H13N5O4.C5H11NO2S.C4H10O6S2/c11-8-5-9(13-2-12-8)15(3-14-5)10-7(18)6(17)4(1-16)19-10;1-9-3-2-4(6)5(7)8;5-11(6,7)3-1-2-4-12(8,9)10/h2-4,6-7,10,16-18H,1H2,(H2,11,12,13);4H,2-3,6H2,1H3,(H,7,8);1-4H2,(H,5,6,7)(H,8,9,10)/t4-,6-,7-,10-;4-;/m10./s1. The van der Waals surface area contributed by atoms with Crippen LogP contribution in [-0.4, -0.2) is 126 Å². The molecule has 10 N–H and O–H groups in total. The lowest BCUT2D eigenvalue weighted by molar-refractivity contribution is -0.138. The molecule has 1 saturated heterocycles. The van der Waals surface area contributed by atoms with Gasteiger partial charge in [0.25, 0.3) is 20.2 Å². The number of aliphatic hydroxyl groups is 3. The zero-order valence-electron chi connectivity index (χ0n) is 21.3. The molecular formula is C19H34N6O12S3. The van der Waals surface area contributed by atoms with Crippen LogP contribution >= 0.6 is 11.8 Å². The third-order valence-corrected chi connectivity index (χ3v) is 7.44. The fraction of sp³-hybridized carbons (Fsp3) is 0.684. The van der Waals surface area contributed by atoms with Crippen LogP contribution < -0.4 is 11.5 Å². The van der Waals surface area contributed by atoms with E-state index in [1.165, 1.54) is 17.2 Å². The molecule has 18 nitrogen and oxygen atoms in total. The molecule has 230 valence electrons. The highest BCUT2D eigenvalue weighted by Crippen LogP contribution is 2.31. The van der Waals surface area contributed by atoms with Gasteiger partial charge in [0.1, 0.15) is 36.2 Å². The molecule has 3 rings (SSSR count). The van der Waals surface area contributed by atoms with Gasteiger partial charge in [-0.05, 0) is 31.3 Å². The minimum absolute atomic E-state index is 0.0125. The summed E-state index contributed by atoms with van der Waals surface area (Å²) in [5, 5.41) is 37.0.